The van der Waals surface area contributed by atoms with Crippen molar-refractivity contribution in [2.45, 2.75) is 57.5 Å². The van der Waals surface area contributed by atoms with Crippen LogP contribution in [-0.2, 0) is 9.53 Å². The molecule has 1 spiro atoms. The van der Waals surface area contributed by atoms with E-state index in [1.165, 1.54) is 6.42 Å². The smallest absolute Gasteiger partial charge is 0.410 e. The largest absolute Gasteiger partial charge is 0.450 e. The third-order valence-corrected chi connectivity index (χ3v) is 6.72. The van der Waals surface area contributed by atoms with Gasteiger partial charge < -0.3 is 19.9 Å². The molecule has 1 N–H and O–H groups in total. The monoisotopic (exact) mass is 335 g/mol. The highest BCUT2D eigenvalue weighted by molar-refractivity contribution is 5.79. The van der Waals surface area contributed by atoms with Crippen LogP contribution in [0.4, 0.5) is 4.79 Å². The fraction of sp³-hybridized carbons (Fsp3) is 0.889. The summed E-state index contributed by atoms with van der Waals surface area (Å²) in [6.07, 6.45) is 6.27. The molecule has 0 aromatic rings. The summed E-state index contributed by atoms with van der Waals surface area (Å²) in [5.41, 5.74) is 0.220. The molecule has 6 heteroatoms. The van der Waals surface area contributed by atoms with Gasteiger partial charge in [0.1, 0.15) is 0 Å². The van der Waals surface area contributed by atoms with Gasteiger partial charge in [0.2, 0.25) is 5.91 Å². The average molecular weight is 335 g/mol. The topological polar surface area (TPSA) is 61.9 Å². The molecule has 1 aliphatic carbocycles. The van der Waals surface area contributed by atoms with Crippen molar-refractivity contribution in [3.05, 3.63) is 0 Å². The number of nitrogens with zero attached hydrogens (tertiary/aromatic N) is 2. The van der Waals surface area contributed by atoms with Crippen LogP contribution in [0.2, 0.25) is 0 Å². The average Bonchev–Trinajstić information content (AvgIpc) is 3.08. The van der Waals surface area contributed by atoms with E-state index in [-0.39, 0.29) is 17.4 Å². The second-order valence-electron chi connectivity index (χ2n) is 8.22. The van der Waals surface area contributed by atoms with Crippen LogP contribution in [0.5, 0.6) is 0 Å². The number of hydrogen-bond acceptors (Lipinski definition) is 4. The quantitative estimate of drug-likeness (QED) is 0.833. The molecule has 4 rings (SSSR count). The lowest BCUT2D eigenvalue weighted by atomic mass is 9.76. The number of hydrogen-bond donors (Lipinski definition) is 1. The number of fused-ring (bicyclic) bond motifs is 2. The van der Waals surface area contributed by atoms with Crippen molar-refractivity contribution in [1.29, 1.82) is 0 Å². The molecule has 3 unspecified atom stereocenters. The summed E-state index contributed by atoms with van der Waals surface area (Å²) in [5.74, 6) is 0.855. The number of amides is 2. The Hall–Kier alpha value is -1.30. The highest BCUT2D eigenvalue weighted by Gasteiger charge is 2.46. The molecule has 4 fully saturated rings. The lowest BCUT2D eigenvalue weighted by Gasteiger charge is -2.44. The molecule has 0 aromatic heterocycles. The number of nitrogens with one attached hydrogen (secondary N) is 1. The van der Waals surface area contributed by atoms with Gasteiger partial charge in [-0.25, -0.2) is 4.79 Å². The molecule has 4 aliphatic rings. The van der Waals surface area contributed by atoms with Crippen molar-refractivity contribution < 1.29 is 14.3 Å². The van der Waals surface area contributed by atoms with Gasteiger partial charge in [0.15, 0.2) is 0 Å². The summed E-state index contributed by atoms with van der Waals surface area (Å²) in [6.45, 7) is 6.26. The third-order valence-electron chi connectivity index (χ3n) is 6.72. The molecule has 3 heterocycles. The summed E-state index contributed by atoms with van der Waals surface area (Å²) in [6, 6.07) is 0.953. The van der Waals surface area contributed by atoms with E-state index < -0.39 is 0 Å². The van der Waals surface area contributed by atoms with Gasteiger partial charge in [0.05, 0.1) is 6.61 Å². The van der Waals surface area contributed by atoms with Crippen LogP contribution in [0.1, 0.15) is 45.4 Å². The normalized spacial score (nSPS) is 35.3. The molecule has 1 saturated carbocycles. The molecule has 0 aromatic carbocycles. The van der Waals surface area contributed by atoms with E-state index in [0.717, 1.165) is 51.9 Å². The van der Waals surface area contributed by atoms with Gasteiger partial charge in [0, 0.05) is 31.6 Å². The summed E-state index contributed by atoms with van der Waals surface area (Å²) in [7, 11) is 0. The van der Waals surface area contributed by atoms with Crippen LogP contribution in [0, 0.1) is 11.3 Å². The van der Waals surface area contributed by atoms with Gasteiger partial charge in [-0.15, -0.1) is 0 Å². The Morgan fingerprint density at radius 1 is 1.25 bits per heavy atom. The zero-order valence-electron chi connectivity index (χ0n) is 14.6. The Bertz CT molecular complexity index is 516. The van der Waals surface area contributed by atoms with Gasteiger partial charge in [-0.05, 0) is 63.5 Å². The lowest BCUT2D eigenvalue weighted by Crippen LogP contribution is -2.49. The maximum Gasteiger partial charge on any atom is 0.410 e. The van der Waals surface area contributed by atoms with E-state index in [9.17, 15) is 9.59 Å². The van der Waals surface area contributed by atoms with Gasteiger partial charge in [0.25, 0.3) is 0 Å². The zero-order valence-corrected chi connectivity index (χ0v) is 14.6. The molecular weight excluding hydrogens is 306 g/mol. The number of piperidine rings is 1. The first kappa shape index (κ1) is 16.2. The lowest BCUT2D eigenvalue weighted by molar-refractivity contribution is -0.119. The highest BCUT2D eigenvalue weighted by Crippen LogP contribution is 2.42. The molecule has 24 heavy (non-hydrogen) atoms. The summed E-state index contributed by atoms with van der Waals surface area (Å²) >= 11 is 0. The molecular formula is C18H29N3O3. The van der Waals surface area contributed by atoms with Crippen LogP contribution >= 0.6 is 0 Å². The summed E-state index contributed by atoms with van der Waals surface area (Å²) in [5, 5.41) is 3.01. The number of likely N-dealkylation sites (tertiary alicyclic amines) is 2. The van der Waals surface area contributed by atoms with Gasteiger partial charge in [-0.2, -0.15) is 0 Å². The number of ether oxygens (including phenoxy) is 1. The maximum absolute atomic E-state index is 12.1. The van der Waals surface area contributed by atoms with Crippen LogP contribution < -0.4 is 5.32 Å². The summed E-state index contributed by atoms with van der Waals surface area (Å²) in [4.78, 5) is 28.3. The molecule has 6 nitrogen and oxygen atoms in total. The maximum atomic E-state index is 12.1. The second-order valence-corrected chi connectivity index (χ2v) is 8.22. The Morgan fingerprint density at radius 2 is 2.00 bits per heavy atom. The van der Waals surface area contributed by atoms with Crippen molar-refractivity contribution in [2.24, 2.45) is 11.3 Å². The summed E-state index contributed by atoms with van der Waals surface area (Å²) < 4.78 is 5.22. The first-order valence-electron chi connectivity index (χ1n) is 9.53. The molecule has 3 saturated heterocycles. The van der Waals surface area contributed by atoms with Gasteiger partial charge in [-0.1, -0.05) is 0 Å². The fourth-order valence-electron chi connectivity index (χ4n) is 5.40. The number of carbonyl (C=O) groups is 2. The van der Waals surface area contributed by atoms with Crippen molar-refractivity contribution in [2.75, 3.05) is 32.8 Å². The van der Waals surface area contributed by atoms with Crippen molar-refractivity contribution in [3.63, 3.8) is 0 Å². The van der Waals surface area contributed by atoms with E-state index in [0.29, 0.717) is 31.0 Å². The Morgan fingerprint density at radius 3 is 2.67 bits per heavy atom. The Labute approximate surface area is 143 Å². The predicted molar refractivity (Wildman–Crippen MR) is 89.5 cm³/mol. The van der Waals surface area contributed by atoms with E-state index in [2.05, 4.69) is 10.2 Å². The third kappa shape index (κ3) is 2.89. The van der Waals surface area contributed by atoms with Crippen LogP contribution in [0.25, 0.3) is 0 Å². The fourth-order valence-corrected chi connectivity index (χ4v) is 5.40. The minimum absolute atomic E-state index is 0.126. The van der Waals surface area contributed by atoms with Crippen molar-refractivity contribution >= 4 is 12.0 Å². The minimum atomic E-state index is -0.126. The molecule has 2 bridgehead atoms. The van der Waals surface area contributed by atoms with E-state index >= 15 is 0 Å². The van der Waals surface area contributed by atoms with Crippen molar-refractivity contribution in [3.8, 4) is 0 Å². The Kier molecular flexibility index (Phi) is 4.19. The van der Waals surface area contributed by atoms with Crippen molar-refractivity contribution in [1.82, 2.24) is 15.1 Å². The number of rotatable bonds is 2. The van der Waals surface area contributed by atoms with E-state index in [1.54, 1.807) is 0 Å². The Balaban J connectivity index is 1.34. The number of carbonyl (C=O) groups excluding carboxylic acids is 2. The first-order chi connectivity index (χ1) is 11.6. The van der Waals surface area contributed by atoms with E-state index in [1.807, 2.05) is 11.8 Å². The zero-order chi connectivity index (χ0) is 16.7. The molecule has 2 amide bonds. The molecule has 134 valence electrons. The SMILES string of the molecule is CCOC(=O)N1CC2CC(N3CCC4(CC3)CNC(=O)C4)CC1C2. The van der Waals surface area contributed by atoms with E-state index in [4.69, 9.17) is 4.74 Å². The van der Waals surface area contributed by atoms with Crippen LogP contribution in [0.3, 0.4) is 0 Å². The first-order valence-corrected chi connectivity index (χ1v) is 9.53. The highest BCUT2D eigenvalue weighted by atomic mass is 16.6. The minimum Gasteiger partial charge on any atom is -0.450 e. The molecule has 0 radical (unpaired) electrons. The predicted octanol–water partition coefficient (Wildman–Crippen LogP) is 1.60. The molecule has 3 aliphatic heterocycles. The van der Waals surface area contributed by atoms with Crippen LogP contribution in [0.15, 0.2) is 0 Å². The second kappa shape index (κ2) is 6.21. The van der Waals surface area contributed by atoms with Crippen LogP contribution in [-0.4, -0.2) is 66.7 Å². The van der Waals surface area contributed by atoms with Gasteiger partial charge in [-0.3, -0.25) is 4.79 Å². The standard InChI is InChI=1S/C18H29N3O3/c1-2-24-17(23)21-11-13-7-14(9-15(21)8-13)20-5-3-18(4-6-20)10-16(22)19-12-18/h13-15H,2-12H2,1H3,(H,19,22). The molecule has 3 atom stereocenters. The van der Waals surface area contributed by atoms with Gasteiger partial charge >= 0.3 is 6.09 Å².